The second-order valence-electron chi connectivity index (χ2n) is 5.51. The summed E-state index contributed by atoms with van der Waals surface area (Å²) in [5.74, 6) is 0.330. The van der Waals surface area contributed by atoms with Crippen molar-refractivity contribution in [2.24, 2.45) is 11.1 Å². The van der Waals surface area contributed by atoms with Crippen LogP contribution in [0.3, 0.4) is 0 Å². The van der Waals surface area contributed by atoms with Gasteiger partial charge >= 0.3 is 0 Å². The van der Waals surface area contributed by atoms with E-state index in [-0.39, 0.29) is 0 Å². The third kappa shape index (κ3) is 2.14. The maximum absolute atomic E-state index is 12.0. The summed E-state index contributed by atoms with van der Waals surface area (Å²) >= 11 is 0. The van der Waals surface area contributed by atoms with Gasteiger partial charge in [-0.2, -0.15) is 0 Å². The molecule has 0 heterocycles. The van der Waals surface area contributed by atoms with Gasteiger partial charge in [0.2, 0.25) is 10.0 Å². The van der Waals surface area contributed by atoms with Gasteiger partial charge in [-0.1, -0.05) is 38.5 Å². The van der Waals surface area contributed by atoms with E-state index in [2.05, 4.69) is 0 Å². The van der Waals surface area contributed by atoms with Crippen LogP contribution in [-0.2, 0) is 10.0 Å². The van der Waals surface area contributed by atoms with Crippen LogP contribution >= 0.6 is 0 Å². The number of hydrogen-bond acceptors (Lipinski definition) is 2. The van der Waals surface area contributed by atoms with Gasteiger partial charge in [-0.05, 0) is 31.6 Å². The minimum atomic E-state index is -3.39. The summed E-state index contributed by atoms with van der Waals surface area (Å²) in [4.78, 5) is 0. The van der Waals surface area contributed by atoms with Crippen molar-refractivity contribution in [2.75, 3.05) is 0 Å². The molecular formula is C12H23NO2S. The molecular weight excluding hydrogens is 222 g/mol. The molecule has 0 atom stereocenters. The van der Waals surface area contributed by atoms with Crippen molar-refractivity contribution >= 4 is 10.0 Å². The lowest BCUT2D eigenvalue weighted by Crippen LogP contribution is -2.51. The molecule has 2 aliphatic carbocycles. The molecule has 0 aromatic heterocycles. The molecule has 94 valence electrons. The van der Waals surface area contributed by atoms with E-state index < -0.39 is 14.8 Å². The molecule has 0 aromatic carbocycles. The van der Waals surface area contributed by atoms with Gasteiger partial charge in [-0.15, -0.1) is 0 Å². The average molecular weight is 245 g/mol. The number of hydrogen-bond donors (Lipinski definition) is 1. The minimum Gasteiger partial charge on any atom is -0.228 e. The van der Waals surface area contributed by atoms with E-state index in [0.29, 0.717) is 5.92 Å². The van der Waals surface area contributed by atoms with Crippen molar-refractivity contribution < 1.29 is 8.42 Å². The maximum atomic E-state index is 12.0. The monoisotopic (exact) mass is 245 g/mol. The average Bonchev–Trinajstić information content (AvgIpc) is 2.30. The lowest BCUT2D eigenvalue weighted by Gasteiger charge is -2.43. The van der Waals surface area contributed by atoms with Gasteiger partial charge < -0.3 is 0 Å². The predicted molar refractivity (Wildman–Crippen MR) is 65.5 cm³/mol. The molecule has 4 heteroatoms. The summed E-state index contributed by atoms with van der Waals surface area (Å²) in [6.45, 7) is 0. The third-order valence-corrected chi connectivity index (χ3v) is 6.49. The fourth-order valence-corrected chi connectivity index (χ4v) is 5.26. The zero-order valence-electron chi connectivity index (χ0n) is 9.95. The van der Waals surface area contributed by atoms with Gasteiger partial charge in [-0.25, -0.2) is 13.6 Å². The Morgan fingerprint density at radius 2 is 1.38 bits per heavy atom. The molecule has 0 bridgehead atoms. The first-order valence-corrected chi connectivity index (χ1v) is 8.13. The Morgan fingerprint density at radius 1 is 0.875 bits per heavy atom. The van der Waals surface area contributed by atoms with Crippen molar-refractivity contribution in [2.45, 2.75) is 69.0 Å². The molecule has 2 N–H and O–H groups in total. The second-order valence-corrected chi connectivity index (χ2v) is 7.41. The first-order valence-electron chi connectivity index (χ1n) is 6.59. The van der Waals surface area contributed by atoms with Crippen LogP contribution in [0.25, 0.3) is 0 Å². The fraction of sp³-hybridized carbons (Fsp3) is 1.00. The summed E-state index contributed by atoms with van der Waals surface area (Å²) in [5.41, 5.74) is 0. The van der Waals surface area contributed by atoms with Gasteiger partial charge in [0.1, 0.15) is 0 Å². The van der Waals surface area contributed by atoms with E-state index in [1.54, 1.807) is 0 Å². The van der Waals surface area contributed by atoms with Crippen molar-refractivity contribution in [1.82, 2.24) is 0 Å². The number of rotatable bonds is 2. The van der Waals surface area contributed by atoms with E-state index >= 15 is 0 Å². The zero-order valence-corrected chi connectivity index (χ0v) is 10.8. The highest BCUT2D eigenvalue weighted by atomic mass is 32.2. The highest BCUT2D eigenvalue weighted by Gasteiger charge is 2.48. The smallest absolute Gasteiger partial charge is 0.215 e. The van der Waals surface area contributed by atoms with Crippen molar-refractivity contribution in [3.05, 3.63) is 0 Å². The summed E-state index contributed by atoms with van der Waals surface area (Å²) in [7, 11) is -3.39. The van der Waals surface area contributed by atoms with Gasteiger partial charge in [-0.3, -0.25) is 0 Å². The Hall–Kier alpha value is -0.0900. The van der Waals surface area contributed by atoms with Crippen molar-refractivity contribution in [3.63, 3.8) is 0 Å². The highest BCUT2D eigenvalue weighted by Crippen LogP contribution is 2.45. The standard InChI is InChI=1S/C12H23NO2S/c13-16(14,15)12(9-5-2-6-10-12)11-7-3-1-4-8-11/h11H,1-10H2,(H2,13,14,15). The highest BCUT2D eigenvalue weighted by molar-refractivity contribution is 7.90. The van der Waals surface area contributed by atoms with Crippen LogP contribution in [0.15, 0.2) is 0 Å². The van der Waals surface area contributed by atoms with Crippen LogP contribution in [-0.4, -0.2) is 13.2 Å². The van der Waals surface area contributed by atoms with E-state index in [9.17, 15) is 8.42 Å². The molecule has 3 nitrogen and oxygen atoms in total. The van der Waals surface area contributed by atoms with Crippen LogP contribution in [0.4, 0.5) is 0 Å². The van der Waals surface area contributed by atoms with Crippen molar-refractivity contribution in [3.8, 4) is 0 Å². The summed E-state index contributed by atoms with van der Waals surface area (Å²) in [5, 5.41) is 5.55. The Labute approximate surface area is 98.8 Å². The molecule has 0 aromatic rings. The first kappa shape index (κ1) is 12.4. The number of sulfonamides is 1. The molecule has 0 unspecified atom stereocenters. The van der Waals surface area contributed by atoms with Crippen LogP contribution < -0.4 is 5.14 Å². The number of nitrogens with two attached hydrogens (primary N) is 1. The molecule has 0 aliphatic heterocycles. The molecule has 16 heavy (non-hydrogen) atoms. The van der Waals surface area contributed by atoms with E-state index in [1.807, 2.05) is 0 Å². The minimum absolute atomic E-state index is 0.330. The van der Waals surface area contributed by atoms with Gasteiger partial charge in [0.15, 0.2) is 0 Å². The van der Waals surface area contributed by atoms with E-state index in [4.69, 9.17) is 5.14 Å². The molecule has 2 fully saturated rings. The summed E-state index contributed by atoms with van der Waals surface area (Å²) in [6, 6.07) is 0. The normalized spacial score (nSPS) is 27.8. The fourth-order valence-electron chi connectivity index (χ4n) is 3.70. The lowest BCUT2D eigenvalue weighted by atomic mass is 9.72. The molecule has 2 aliphatic rings. The third-order valence-electron chi connectivity index (χ3n) is 4.62. The van der Waals surface area contributed by atoms with Gasteiger partial charge in [0.25, 0.3) is 0 Å². The van der Waals surface area contributed by atoms with Crippen LogP contribution in [0, 0.1) is 5.92 Å². The molecule has 0 radical (unpaired) electrons. The molecule has 0 saturated heterocycles. The van der Waals surface area contributed by atoms with Crippen LogP contribution in [0.1, 0.15) is 64.2 Å². The van der Waals surface area contributed by atoms with Gasteiger partial charge in [0, 0.05) is 0 Å². The Balaban J connectivity index is 2.25. The second kappa shape index (κ2) is 4.65. The van der Waals surface area contributed by atoms with Crippen LogP contribution in [0.5, 0.6) is 0 Å². The maximum Gasteiger partial charge on any atom is 0.215 e. The number of primary sulfonamides is 1. The van der Waals surface area contributed by atoms with Crippen molar-refractivity contribution in [1.29, 1.82) is 0 Å². The Kier molecular flexibility index (Phi) is 3.59. The SMILES string of the molecule is NS(=O)(=O)C1(C2CCCCC2)CCCCC1. The Morgan fingerprint density at radius 3 is 1.88 bits per heavy atom. The first-order chi connectivity index (χ1) is 7.56. The molecule has 0 amide bonds. The largest absolute Gasteiger partial charge is 0.228 e. The predicted octanol–water partition coefficient (Wildman–Crippen LogP) is 2.56. The van der Waals surface area contributed by atoms with Crippen LogP contribution in [0.2, 0.25) is 0 Å². The molecule has 0 spiro atoms. The topological polar surface area (TPSA) is 60.2 Å². The summed E-state index contributed by atoms with van der Waals surface area (Å²) in [6.07, 6.45) is 10.6. The molecule has 2 rings (SSSR count). The molecule has 2 saturated carbocycles. The van der Waals surface area contributed by atoms with E-state index in [0.717, 1.165) is 38.5 Å². The summed E-state index contributed by atoms with van der Waals surface area (Å²) < 4.78 is 23.4. The quantitative estimate of drug-likeness (QED) is 0.812. The van der Waals surface area contributed by atoms with Gasteiger partial charge in [0.05, 0.1) is 4.75 Å². The van der Waals surface area contributed by atoms with E-state index in [1.165, 1.54) is 25.7 Å². The lowest BCUT2D eigenvalue weighted by molar-refractivity contribution is 0.216. The zero-order chi connectivity index (χ0) is 11.6. The Bertz CT molecular complexity index is 325.